The Morgan fingerprint density at radius 2 is 2.20 bits per heavy atom. The Bertz CT molecular complexity index is 368. The third-order valence-corrected chi connectivity index (χ3v) is 3.29. The molecule has 0 aliphatic rings. The molecule has 0 saturated carbocycles. The Morgan fingerprint density at radius 3 is 2.73 bits per heavy atom. The Kier molecular flexibility index (Phi) is 4.90. The summed E-state index contributed by atoms with van der Waals surface area (Å²) in [6.07, 6.45) is 0.459. The molecule has 0 bridgehead atoms. The van der Waals surface area contributed by atoms with Crippen LogP contribution in [0.2, 0.25) is 5.02 Å². The summed E-state index contributed by atoms with van der Waals surface area (Å²) in [7, 11) is 0. The van der Waals surface area contributed by atoms with Crippen LogP contribution < -0.4 is 0 Å². The van der Waals surface area contributed by atoms with Crippen LogP contribution in [0.15, 0.2) is 22.7 Å². The molecule has 0 fully saturated rings. The van der Waals surface area contributed by atoms with Crippen molar-refractivity contribution in [3.05, 3.63) is 33.3 Å². The highest BCUT2D eigenvalue weighted by Crippen LogP contribution is 2.33. The summed E-state index contributed by atoms with van der Waals surface area (Å²) >= 11 is 15.2. The van der Waals surface area contributed by atoms with E-state index in [2.05, 4.69) is 15.9 Å². The normalized spacial score (nSPS) is 12.5. The molecule has 0 heterocycles. The molecule has 0 aromatic heterocycles. The molecule has 2 nitrogen and oxygen atoms in total. The Balaban J connectivity index is 2.73. The molecule has 1 aromatic rings. The van der Waals surface area contributed by atoms with Crippen LogP contribution in [0.4, 0.5) is 0 Å². The maximum absolute atomic E-state index is 10.4. The first-order valence-electron chi connectivity index (χ1n) is 4.31. The average molecular weight is 312 g/mol. The molecule has 1 unspecified atom stereocenters. The van der Waals surface area contributed by atoms with Crippen molar-refractivity contribution in [3.63, 3.8) is 0 Å². The number of rotatable bonds is 4. The van der Waals surface area contributed by atoms with Gasteiger partial charge in [-0.15, -0.1) is 11.6 Å². The molecular weight excluding hydrogens is 303 g/mol. The van der Waals surface area contributed by atoms with Gasteiger partial charge in [0.2, 0.25) is 0 Å². The first kappa shape index (κ1) is 12.8. The number of aliphatic carboxylic acids is 1. The van der Waals surface area contributed by atoms with Crippen molar-refractivity contribution in [1.82, 2.24) is 0 Å². The fourth-order valence-corrected chi connectivity index (χ4v) is 2.55. The van der Waals surface area contributed by atoms with E-state index in [0.717, 1.165) is 10.0 Å². The van der Waals surface area contributed by atoms with E-state index in [9.17, 15) is 4.79 Å². The standard InChI is InChI=1S/C10H9BrCl2O2/c11-8-5-6(12)1-2-7(8)9(13)3-4-10(14)15/h1-2,5,9H,3-4H2,(H,14,15). The van der Waals surface area contributed by atoms with Gasteiger partial charge in [0.05, 0.1) is 5.38 Å². The lowest BCUT2D eigenvalue weighted by Crippen LogP contribution is -1.99. The zero-order valence-electron chi connectivity index (χ0n) is 7.71. The summed E-state index contributed by atoms with van der Waals surface area (Å²) < 4.78 is 0.806. The van der Waals surface area contributed by atoms with Crippen molar-refractivity contribution in [1.29, 1.82) is 0 Å². The number of benzene rings is 1. The van der Waals surface area contributed by atoms with E-state index in [1.54, 1.807) is 18.2 Å². The fourth-order valence-electron chi connectivity index (χ4n) is 1.16. The van der Waals surface area contributed by atoms with Crippen molar-refractivity contribution in [2.24, 2.45) is 0 Å². The summed E-state index contributed by atoms with van der Waals surface area (Å²) in [5.74, 6) is -0.842. The molecule has 0 aliphatic carbocycles. The van der Waals surface area contributed by atoms with Crippen molar-refractivity contribution in [2.75, 3.05) is 0 Å². The number of alkyl halides is 1. The fraction of sp³-hybridized carbons (Fsp3) is 0.300. The smallest absolute Gasteiger partial charge is 0.303 e. The van der Waals surface area contributed by atoms with E-state index < -0.39 is 5.97 Å². The Hall–Kier alpha value is -0.250. The summed E-state index contributed by atoms with van der Waals surface area (Å²) in [4.78, 5) is 10.4. The summed E-state index contributed by atoms with van der Waals surface area (Å²) in [6, 6.07) is 5.27. The molecule has 0 amide bonds. The van der Waals surface area contributed by atoms with Gasteiger partial charge in [0.1, 0.15) is 0 Å². The van der Waals surface area contributed by atoms with Crippen molar-refractivity contribution >= 4 is 45.1 Å². The van der Waals surface area contributed by atoms with Gasteiger partial charge in [-0.2, -0.15) is 0 Å². The maximum atomic E-state index is 10.4. The minimum absolute atomic E-state index is 0.0588. The third kappa shape index (κ3) is 4.01. The highest BCUT2D eigenvalue weighted by atomic mass is 79.9. The molecule has 0 aliphatic heterocycles. The second-order valence-electron chi connectivity index (χ2n) is 3.07. The summed E-state index contributed by atoms with van der Waals surface area (Å²) in [6.45, 7) is 0. The topological polar surface area (TPSA) is 37.3 Å². The molecular formula is C10H9BrCl2O2. The van der Waals surface area contributed by atoms with Crippen LogP contribution in [-0.4, -0.2) is 11.1 Å². The van der Waals surface area contributed by atoms with Gasteiger partial charge in [-0.1, -0.05) is 33.6 Å². The SMILES string of the molecule is O=C(O)CCC(Cl)c1ccc(Cl)cc1Br. The van der Waals surface area contributed by atoms with Gasteiger partial charge >= 0.3 is 5.97 Å². The number of carboxylic acids is 1. The molecule has 1 N–H and O–H groups in total. The van der Waals surface area contributed by atoms with Crippen molar-refractivity contribution < 1.29 is 9.90 Å². The number of carboxylic acid groups (broad SMARTS) is 1. The van der Waals surface area contributed by atoms with E-state index in [1.165, 1.54) is 0 Å². The molecule has 0 spiro atoms. The van der Waals surface area contributed by atoms with Crippen molar-refractivity contribution in [3.8, 4) is 0 Å². The molecule has 1 atom stereocenters. The minimum Gasteiger partial charge on any atom is -0.481 e. The molecule has 0 saturated heterocycles. The average Bonchev–Trinajstić information content (AvgIpc) is 2.14. The van der Waals surface area contributed by atoms with E-state index in [0.29, 0.717) is 11.4 Å². The van der Waals surface area contributed by atoms with Crippen molar-refractivity contribution in [2.45, 2.75) is 18.2 Å². The van der Waals surface area contributed by atoms with Gasteiger partial charge in [-0.3, -0.25) is 4.79 Å². The number of carbonyl (C=O) groups is 1. The van der Waals surface area contributed by atoms with Crippen LogP contribution in [0, 0.1) is 0 Å². The van der Waals surface area contributed by atoms with Crippen LogP contribution >= 0.6 is 39.1 Å². The van der Waals surface area contributed by atoms with Gasteiger partial charge in [0, 0.05) is 15.9 Å². The predicted molar refractivity (Wildman–Crippen MR) is 64.6 cm³/mol. The lowest BCUT2D eigenvalue weighted by molar-refractivity contribution is -0.137. The minimum atomic E-state index is -0.842. The van der Waals surface area contributed by atoms with Gasteiger partial charge < -0.3 is 5.11 Å². The van der Waals surface area contributed by atoms with Gasteiger partial charge in [0.15, 0.2) is 0 Å². The van der Waals surface area contributed by atoms with Crippen LogP contribution in [0.3, 0.4) is 0 Å². The summed E-state index contributed by atoms with van der Waals surface area (Å²) in [5.41, 5.74) is 0.863. The molecule has 1 rings (SSSR count). The van der Waals surface area contributed by atoms with Gasteiger partial charge in [0.25, 0.3) is 0 Å². The third-order valence-electron chi connectivity index (χ3n) is 1.91. The molecule has 1 aromatic carbocycles. The second-order valence-corrected chi connectivity index (χ2v) is 4.88. The molecule has 15 heavy (non-hydrogen) atoms. The predicted octanol–water partition coefficient (Wildman–Crippen LogP) is 4.25. The zero-order chi connectivity index (χ0) is 11.4. The molecule has 0 radical (unpaired) electrons. The molecule has 82 valence electrons. The number of hydrogen-bond acceptors (Lipinski definition) is 1. The van der Waals surface area contributed by atoms with Gasteiger partial charge in [-0.25, -0.2) is 0 Å². The second kappa shape index (κ2) is 5.73. The van der Waals surface area contributed by atoms with E-state index in [1.807, 2.05) is 0 Å². The van der Waals surface area contributed by atoms with Crippen LogP contribution in [0.5, 0.6) is 0 Å². The van der Waals surface area contributed by atoms with E-state index in [-0.39, 0.29) is 11.8 Å². The largest absolute Gasteiger partial charge is 0.481 e. The van der Waals surface area contributed by atoms with E-state index >= 15 is 0 Å². The maximum Gasteiger partial charge on any atom is 0.303 e. The monoisotopic (exact) mass is 310 g/mol. The summed E-state index contributed by atoms with van der Waals surface area (Å²) in [5, 5.41) is 8.84. The number of hydrogen-bond donors (Lipinski definition) is 1. The van der Waals surface area contributed by atoms with Crippen LogP contribution in [0.1, 0.15) is 23.8 Å². The molecule has 5 heteroatoms. The Labute approximate surface area is 106 Å². The van der Waals surface area contributed by atoms with Gasteiger partial charge in [-0.05, 0) is 24.1 Å². The van der Waals surface area contributed by atoms with Crippen LogP contribution in [-0.2, 0) is 4.79 Å². The van der Waals surface area contributed by atoms with E-state index in [4.69, 9.17) is 28.3 Å². The zero-order valence-corrected chi connectivity index (χ0v) is 10.8. The lowest BCUT2D eigenvalue weighted by atomic mass is 10.1. The van der Waals surface area contributed by atoms with Crippen LogP contribution in [0.25, 0.3) is 0 Å². The highest BCUT2D eigenvalue weighted by molar-refractivity contribution is 9.10. The highest BCUT2D eigenvalue weighted by Gasteiger charge is 2.13. The number of halogens is 3. The first-order valence-corrected chi connectivity index (χ1v) is 5.92. The Morgan fingerprint density at radius 1 is 1.53 bits per heavy atom. The lowest BCUT2D eigenvalue weighted by Gasteiger charge is -2.10. The quantitative estimate of drug-likeness (QED) is 0.844. The first-order chi connectivity index (χ1) is 7.00.